The van der Waals surface area contributed by atoms with Crippen LogP contribution in [0.25, 0.3) is 67.5 Å². The molecule has 0 unspecified atom stereocenters. The zero-order chi connectivity index (χ0) is 32.0. The standard InChI is InChI=1S/C43H30N4/c1-43(2)36-16-10-9-15-34(36)39-37(43)26-25-35(38(39)31-23-21-30(22-24-31)29-19-17-28(27-44)18-20-29)42-46-40(32-11-5-3-6-12-32)45-41(47-42)33-13-7-4-8-14-33/h3-26H,1-2H3. The summed E-state index contributed by atoms with van der Waals surface area (Å²) >= 11 is 0. The first kappa shape index (κ1) is 28.3. The first-order valence-corrected chi connectivity index (χ1v) is 15.8. The molecule has 0 fully saturated rings. The van der Waals surface area contributed by atoms with Gasteiger partial charge < -0.3 is 0 Å². The molecule has 1 aliphatic carbocycles. The number of fused-ring (bicyclic) bond motifs is 3. The van der Waals surface area contributed by atoms with E-state index in [2.05, 4.69) is 80.6 Å². The van der Waals surface area contributed by atoms with Crippen molar-refractivity contribution in [3.8, 4) is 73.6 Å². The molecule has 0 radical (unpaired) electrons. The third-order valence-corrected chi connectivity index (χ3v) is 9.21. The van der Waals surface area contributed by atoms with Gasteiger partial charge in [0.25, 0.3) is 0 Å². The average Bonchev–Trinajstić information content (AvgIpc) is 3.38. The minimum Gasteiger partial charge on any atom is -0.208 e. The van der Waals surface area contributed by atoms with Gasteiger partial charge in [0.05, 0.1) is 11.6 Å². The summed E-state index contributed by atoms with van der Waals surface area (Å²) in [7, 11) is 0. The second kappa shape index (κ2) is 11.3. The Morgan fingerprint density at radius 2 is 0.936 bits per heavy atom. The fourth-order valence-corrected chi connectivity index (χ4v) is 6.78. The number of nitrogens with zero attached hydrogens (tertiary/aromatic N) is 4. The van der Waals surface area contributed by atoms with Crippen molar-refractivity contribution < 1.29 is 0 Å². The van der Waals surface area contributed by atoms with Gasteiger partial charge in [0.2, 0.25) is 0 Å². The molecule has 0 atom stereocenters. The molecule has 0 N–H and O–H groups in total. The molecule has 47 heavy (non-hydrogen) atoms. The highest BCUT2D eigenvalue weighted by molar-refractivity contribution is 5.99. The van der Waals surface area contributed by atoms with Gasteiger partial charge in [-0.3, -0.25) is 0 Å². The largest absolute Gasteiger partial charge is 0.208 e. The second-order valence-corrected chi connectivity index (χ2v) is 12.4. The number of benzene rings is 6. The average molecular weight is 603 g/mol. The number of aromatic nitrogens is 3. The molecule has 0 bridgehead atoms. The van der Waals surface area contributed by atoms with E-state index in [1.165, 1.54) is 22.3 Å². The van der Waals surface area contributed by atoms with E-state index >= 15 is 0 Å². The van der Waals surface area contributed by atoms with Crippen molar-refractivity contribution in [2.75, 3.05) is 0 Å². The number of nitriles is 1. The Kier molecular flexibility index (Phi) is 6.82. The van der Waals surface area contributed by atoms with Gasteiger partial charge in [-0.1, -0.05) is 147 Å². The molecule has 1 aliphatic rings. The van der Waals surface area contributed by atoms with Gasteiger partial charge in [-0.25, -0.2) is 15.0 Å². The molecule has 0 saturated carbocycles. The molecule has 1 heterocycles. The van der Waals surface area contributed by atoms with Gasteiger partial charge in [0, 0.05) is 27.7 Å². The molecular weight excluding hydrogens is 573 g/mol. The maximum atomic E-state index is 9.26. The molecule has 6 aromatic carbocycles. The fourth-order valence-electron chi connectivity index (χ4n) is 6.78. The second-order valence-electron chi connectivity index (χ2n) is 12.4. The Morgan fingerprint density at radius 1 is 0.426 bits per heavy atom. The van der Waals surface area contributed by atoms with Crippen molar-refractivity contribution in [1.82, 2.24) is 15.0 Å². The first-order chi connectivity index (χ1) is 23.0. The van der Waals surface area contributed by atoms with E-state index in [1.54, 1.807) is 0 Å². The van der Waals surface area contributed by atoms with Crippen LogP contribution >= 0.6 is 0 Å². The van der Waals surface area contributed by atoms with Gasteiger partial charge >= 0.3 is 0 Å². The summed E-state index contributed by atoms with van der Waals surface area (Å²) in [6.45, 7) is 4.61. The molecule has 4 nitrogen and oxygen atoms in total. The van der Waals surface area contributed by atoms with E-state index in [4.69, 9.17) is 15.0 Å². The summed E-state index contributed by atoms with van der Waals surface area (Å²) in [4.78, 5) is 15.2. The Balaban J connectivity index is 1.38. The smallest absolute Gasteiger partial charge is 0.164 e. The molecule has 7 aromatic rings. The quantitative estimate of drug-likeness (QED) is 0.197. The van der Waals surface area contributed by atoms with Crippen LogP contribution in [0.5, 0.6) is 0 Å². The Labute approximate surface area is 274 Å². The van der Waals surface area contributed by atoms with E-state index < -0.39 is 0 Å². The summed E-state index contributed by atoms with van der Waals surface area (Å²) in [5, 5.41) is 9.26. The summed E-state index contributed by atoms with van der Waals surface area (Å²) in [5.74, 6) is 1.91. The predicted octanol–water partition coefficient (Wildman–Crippen LogP) is 10.4. The van der Waals surface area contributed by atoms with E-state index in [9.17, 15) is 5.26 Å². The highest BCUT2D eigenvalue weighted by atomic mass is 15.0. The van der Waals surface area contributed by atoms with E-state index in [0.717, 1.165) is 38.9 Å². The van der Waals surface area contributed by atoms with Crippen LogP contribution in [0.2, 0.25) is 0 Å². The summed E-state index contributed by atoms with van der Waals surface area (Å²) in [6.07, 6.45) is 0. The van der Waals surface area contributed by atoms with Crippen LogP contribution in [0, 0.1) is 11.3 Å². The zero-order valence-corrected chi connectivity index (χ0v) is 26.1. The van der Waals surface area contributed by atoms with Crippen LogP contribution < -0.4 is 0 Å². The van der Waals surface area contributed by atoms with Gasteiger partial charge in [-0.15, -0.1) is 0 Å². The Bertz CT molecular complexity index is 2240. The topological polar surface area (TPSA) is 62.5 Å². The van der Waals surface area contributed by atoms with E-state index in [0.29, 0.717) is 23.0 Å². The fraction of sp³-hybridized carbons (Fsp3) is 0.0698. The number of hydrogen-bond donors (Lipinski definition) is 0. The zero-order valence-electron chi connectivity index (χ0n) is 26.1. The lowest BCUT2D eigenvalue weighted by Crippen LogP contribution is -2.15. The van der Waals surface area contributed by atoms with Crippen LogP contribution in [-0.4, -0.2) is 15.0 Å². The molecule has 222 valence electrons. The first-order valence-electron chi connectivity index (χ1n) is 15.8. The molecule has 4 heteroatoms. The SMILES string of the molecule is CC1(C)c2ccccc2-c2c1ccc(-c1nc(-c3ccccc3)nc(-c3ccccc3)n1)c2-c1ccc(-c2ccc(C#N)cc2)cc1. The van der Waals surface area contributed by atoms with Crippen LogP contribution in [0.15, 0.2) is 146 Å². The third-order valence-electron chi connectivity index (χ3n) is 9.21. The molecular formula is C43H30N4. The van der Waals surface area contributed by atoms with E-state index in [1.807, 2.05) is 84.9 Å². The van der Waals surface area contributed by atoms with Crippen molar-refractivity contribution in [2.45, 2.75) is 19.3 Å². The summed E-state index contributed by atoms with van der Waals surface area (Å²) in [6, 6.07) is 52.0. The van der Waals surface area contributed by atoms with Crippen molar-refractivity contribution >= 4 is 0 Å². The van der Waals surface area contributed by atoms with Crippen LogP contribution in [-0.2, 0) is 5.41 Å². The third kappa shape index (κ3) is 4.90. The number of hydrogen-bond acceptors (Lipinski definition) is 4. The monoisotopic (exact) mass is 602 g/mol. The Morgan fingerprint density at radius 3 is 1.53 bits per heavy atom. The van der Waals surface area contributed by atoms with Gasteiger partial charge in [-0.2, -0.15) is 5.26 Å². The van der Waals surface area contributed by atoms with Crippen LogP contribution in [0.4, 0.5) is 0 Å². The van der Waals surface area contributed by atoms with Crippen LogP contribution in [0.1, 0.15) is 30.5 Å². The minimum atomic E-state index is -0.162. The normalized spacial score (nSPS) is 12.6. The lowest BCUT2D eigenvalue weighted by atomic mass is 9.81. The van der Waals surface area contributed by atoms with Crippen molar-refractivity contribution in [3.63, 3.8) is 0 Å². The maximum Gasteiger partial charge on any atom is 0.164 e. The van der Waals surface area contributed by atoms with Gasteiger partial charge in [-0.05, 0) is 51.1 Å². The van der Waals surface area contributed by atoms with Crippen LogP contribution in [0.3, 0.4) is 0 Å². The van der Waals surface area contributed by atoms with Crippen molar-refractivity contribution in [1.29, 1.82) is 5.26 Å². The number of rotatable bonds is 5. The van der Waals surface area contributed by atoms with Gasteiger partial charge in [0.15, 0.2) is 17.5 Å². The molecule has 0 spiro atoms. The molecule has 0 aliphatic heterocycles. The lowest BCUT2D eigenvalue weighted by Gasteiger charge is -2.22. The highest BCUT2D eigenvalue weighted by Crippen LogP contribution is 2.54. The summed E-state index contributed by atoms with van der Waals surface area (Å²) in [5.41, 5.74) is 12.7. The molecule has 0 saturated heterocycles. The maximum absolute atomic E-state index is 9.26. The van der Waals surface area contributed by atoms with Crippen molar-refractivity contribution in [2.24, 2.45) is 0 Å². The summed E-state index contributed by atoms with van der Waals surface area (Å²) < 4.78 is 0. The molecule has 8 rings (SSSR count). The minimum absolute atomic E-state index is 0.162. The Hall–Kier alpha value is -6.18. The lowest BCUT2D eigenvalue weighted by molar-refractivity contribution is 0.660. The molecule has 0 amide bonds. The molecule has 1 aromatic heterocycles. The van der Waals surface area contributed by atoms with E-state index in [-0.39, 0.29) is 5.41 Å². The predicted molar refractivity (Wildman–Crippen MR) is 189 cm³/mol. The van der Waals surface area contributed by atoms with Gasteiger partial charge in [0.1, 0.15) is 0 Å². The van der Waals surface area contributed by atoms with Crippen molar-refractivity contribution in [3.05, 3.63) is 162 Å². The highest BCUT2D eigenvalue weighted by Gasteiger charge is 2.38.